The van der Waals surface area contributed by atoms with Crippen LogP contribution >= 0.6 is 0 Å². The first-order valence-electron chi connectivity index (χ1n) is 36.4. The van der Waals surface area contributed by atoms with Gasteiger partial charge in [0.1, 0.15) is 13.2 Å². The summed E-state index contributed by atoms with van der Waals surface area (Å²) in [4.78, 5) is 38.5. The Hall–Kier alpha value is -3.15. The van der Waals surface area contributed by atoms with Crippen LogP contribution in [-0.2, 0) is 28.6 Å². The molecule has 482 valence electrons. The molecule has 0 bridgehead atoms. The predicted molar refractivity (Wildman–Crippen MR) is 362 cm³/mol. The fraction of sp³-hybridized carbons (Fsp3) is 0.805. The summed E-state index contributed by atoms with van der Waals surface area (Å²) in [6.45, 7) is 6.56. The molecule has 0 spiro atoms. The SMILES string of the molecule is CC/C=C\C/C=C\C/C=C\C/C=C\CCCCCCCCCCCCCCCCCCCCC(=O)OCC(COC(=O)CCCCCCCCCCCCCCCCC)OC(=O)CCCCCCCCCCC/C=C\C/C=C\CCCCC. The van der Waals surface area contributed by atoms with Crippen LogP contribution in [0.3, 0.4) is 0 Å². The molecule has 0 aromatic rings. The average Bonchev–Trinajstić information content (AvgIpc) is 3.49. The van der Waals surface area contributed by atoms with E-state index in [0.29, 0.717) is 19.3 Å². The normalized spacial score (nSPS) is 12.5. The van der Waals surface area contributed by atoms with Gasteiger partial charge in [-0.1, -0.05) is 344 Å². The molecule has 0 saturated carbocycles. The molecule has 0 amide bonds. The molecule has 1 atom stereocenters. The average molecular weight is 1160 g/mol. The topological polar surface area (TPSA) is 78.9 Å². The molecule has 1 unspecified atom stereocenters. The first-order chi connectivity index (χ1) is 41.0. The van der Waals surface area contributed by atoms with Crippen molar-refractivity contribution < 1.29 is 28.6 Å². The van der Waals surface area contributed by atoms with Crippen molar-refractivity contribution in [3.63, 3.8) is 0 Å². The minimum absolute atomic E-state index is 0.0707. The largest absolute Gasteiger partial charge is 0.462 e. The van der Waals surface area contributed by atoms with Crippen LogP contribution in [0, 0.1) is 0 Å². The Labute approximate surface area is 516 Å². The van der Waals surface area contributed by atoms with Crippen LogP contribution in [0.5, 0.6) is 0 Å². The second kappa shape index (κ2) is 71.3. The third-order valence-electron chi connectivity index (χ3n) is 16.2. The van der Waals surface area contributed by atoms with Gasteiger partial charge in [0.15, 0.2) is 6.10 Å². The molecule has 0 fully saturated rings. The zero-order valence-electron chi connectivity index (χ0n) is 55.5. The maximum absolute atomic E-state index is 13.0. The molecule has 0 N–H and O–H groups in total. The van der Waals surface area contributed by atoms with E-state index in [1.54, 1.807) is 0 Å². The lowest BCUT2D eigenvalue weighted by atomic mass is 10.0. The van der Waals surface area contributed by atoms with Gasteiger partial charge in [0.2, 0.25) is 0 Å². The van der Waals surface area contributed by atoms with Crippen LogP contribution < -0.4 is 0 Å². The molecule has 6 heteroatoms. The molecule has 0 aliphatic rings. The van der Waals surface area contributed by atoms with Crippen LogP contribution in [0.25, 0.3) is 0 Å². The van der Waals surface area contributed by atoms with Gasteiger partial charge in [0, 0.05) is 19.3 Å². The monoisotopic (exact) mass is 1160 g/mol. The summed E-state index contributed by atoms with van der Waals surface area (Å²) in [5, 5.41) is 0. The molecule has 83 heavy (non-hydrogen) atoms. The summed E-state index contributed by atoms with van der Waals surface area (Å²) >= 11 is 0. The van der Waals surface area contributed by atoms with Crippen LogP contribution in [-0.4, -0.2) is 37.2 Å². The first-order valence-corrected chi connectivity index (χ1v) is 36.4. The summed E-state index contributed by atoms with van der Waals surface area (Å²) in [6.07, 6.45) is 93.6. The maximum Gasteiger partial charge on any atom is 0.306 e. The Morgan fingerprint density at radius 1 is 0.253 bits per heavy atom. The summed E-state index contributed by atoms with van der Waals surface area (Å²) in [5.41, 5.74) is 0. The fourth-order valence-electron chi connectivity index (χ4n) is 10.8. The first kappa shape index (κ1) is 79.8. The van der Waals surface area contributed by atoms with Crippen molar-refractivity contribution in [2.75, 3.05) is 13.2 Å². The standard InChI is InChI=1S/C77H138O6/c1-4-7-10-13-16-19-22-25-28-30-32-33-34-35-36-37-38-39-40-41-42-43-45-46-49-52-55-58-61-64-67-70-76(79)82-73-74(72-81-75(78)69-66-63-60-57-54-51-48-27-24-21-18-15-12-9-6-3)83-77(80)71-68-65-62-59-56-53-50-47-44-31-29-26-23-20-17-14-11-8-5-2/h7,10,16-17,19-20,25-26,28-29,32-33,74H,4-6,8-9,11-15,18,21-24,27,30-31,34-73H2,1-3H3/b10-7-,19-16-,20-17-,28-25-,29-26-,33-32-. The van der Waals surface area contributed by atoms with E-state index in [9.17, 15) is 14.4 Å². The molecule has 0 rings (SSSR count). The Kier molecular flexibility index (Phi) is 68.6. The van der Waals surface area contributed by atoms with E-state index >= 15 is 0 Å². The Morgan fingerprint density at radius 3 is 0.759 bits per heavy atom. The number of carbonyl (C=O) groups is 3. The van der Waals surface area contributed by atoms with Crippen LogP contribution in [0.15, 0.2) is 72.9 Å². The number of carbonyl (C=O) groups excluding carboxylic acids is 3. The number of allylic oxidation sites excluding steroid dienone is 12. The summed E-state index contributed by atoms with van der Waals surface area (Å²) in [6, 6.07) is 0. The number of rotatable bonds is 67. The lowest BCUT2D eigenvalue weighted by molar-refractivity contribution is -0.167. The van der Waals surface area contributed by atoms with Crippen molar-refractivity contribution in [1.29, 1.82) is 0 Å². The molecule has 0 aliphatic carbocycles. The Morgan fingerprint density at radius 2 is 0.470 bits per heavy atom. The van der Waals surface area contributed by atoms with Crippen molar-refractivity contribution in [1.82, 2.24) is 0 Å². The van der Waals surface area contributed by atoms with E-state index in [2.05, 4.69) is 93.7 Å². The predicted octanol–water partition coefficient (Wildman–Crippen LogP) is 25.2. The van der Waals surface area contributed by atoms with Gasteiger partial charge < -0.3 is 14.2 Å². The molecule has 0 aromatic carbocycles. The smallest absolute Gasteiger partial charge is 0.306 e. The highest BCUT2D eigenvalue weighted by Crippen LogP contribution is 2.18. The van der Waals surface area contributed by atoms with E-state index in [0.717, 1.165) is 89.9 Å². The molecular formula is C77H138O6. The van der Waals surface area contributed by atoms with Gasteiger partial charge in [-0.05, 0) is 89.9 Å². The van der Waals surface area contributed by atoms with Crippen LogP contribution in [0.2, 0.25) is 0 Å². The van der Waals surface area contributed by atoms with E-state index in [1.165, 1.54) is 250 Å². The number of unbranched alkanes of at least 4 members (excludes halogenated alkanes) is 44. The van der Waals surface area contributed by atoms with Gasteiger partial charge in [-0.2, -0.15) is 0 Å². The van der Waals surface area contributed by atoms with Gasteiger partial charge >= 0.3 is 17.9 Å². The zero-order chi connectivity index (χ0) is 59.9. The highest BCUT2D eigenvalue weighted by atomic mass is 16.6. The Bertz CT molecular complexity index is 1520. The molecule has 0 saturated heterocycles. The second-order valence-corrected chi connectivity index (χ2v) is 24.5. The van der Waals surface area contributed by atoms with Gasteiger partial charge in [0.05, 0.1) is 0 Å². The van der Waals surface area contributed by atoms with Gasteiger partial charge in [0.25, 0.3) is 0 Å². The van der Waals surface area contributed by atoms with Gasteiger partial charge in [-0.15, -0.1) is 0 Å². The lowest BCUT2D eigenvalue weighted by Gasteiger charge is -2.18. The highest BCUT2D eigenvalue weighted by molar-refractivity contribution is 5.71. The van der Waals surface area contributed by atoms with Crippen molar-refractivity contribution in [3.8, 4) is 0 Å². The summed E-state index contributed by atoms with van der Waals surface area (Å²) in [7, 11) is 0. The minimum atomic E-state index is -0.776. The maximum atomic E-state index is 13.0. The molecular weight excluding hydrogens is 1020 g/mol. The Balaban J connectivity index is 4.21. The van der Waals surface area contributed by atoms with E-state index in [4.69, 9.17) is 14.2 Å². The van der Waals surface area contributed by atoms with Crippen molar-refractivity contribution in [2.45, 2.75) is 386 Å². The lowest BCUT2D eigenvalue weighted by Crippen LogP contribution is -2.30. The number of hydrogen-bond acceptors (Lipinski definition) is 6. The molecule has 0 aliphatic heterocycles. The third-order valence-corrected chi connectivity index (χ3v) is 16.2. The highest BCUT2D eigenvalue weighted by Gasteiger charge is 2.19. The minimum Gasteiger partial charge on any atom is -0.462 e. The number of ether oxygens (including phenoxy) is 3. The van der Waals surface area contributed by atoms with E-state index < -0.39 is 6.10 Å². The summed E-state index contributed by atoms with van der Waals surface area (Å²) < 4.78 is 17.0. The van der Waals surface area contributed by atoms with Crippen molar-refractivity contribution >= 4 is 17.9 Å². The number of esters is 3. The molecule has 6 nitrogen and oxygen atoms in total. The van der Waals surface area contributed by atoms with Crippen LogP contribution in [0.4, 0.5) is 0 Å². The van der Waals surface area contributed by atoms with Crippen molar-refractivity contribution in [3.05, 3.63) is 72.9 Å². The molecule has 0 aromatic heterocycles. The zero-order valence-corrected chi connectivity index (χ0v) is 55.5. The molecule has 0 radical (unpaired) electrons. The molecule has 0 heterocycles. The summed E-state index contributed by atoms with van der Waals surface area (Å²) in [5.74, 6) is -0.849. The van der Waals surface area contributed by atoms with E-state index in [-0.39, 0.29) is 31.1 Å². The van der Waals surface area contributed by atoms with Gasteiger partial charge in [-0.3, -0.25) is 14.4 Å². The fourth-order valence-corrected chi connectivity index (χ4v) is 10.8. The third kappa shape index (κ3) is 69.5. The van der Waals surface area contributed by atoms with Gasteiger partial charge in [-0.25, -0.2) is 0 Å². The quantitative estimate of drug-likeness (QED) is 0.0261. The van der Waals surface area contributed by atoms with Crippen molar-refractivity contribution in [2.24, 2.45) is 0 Å². The number of hydrogen-bond donors (Lipinski definition) is 0. The van der Waals surface area contributed by atoms with E-state index in [1.807, 2.05) is 0 Å². The van der Waals surface area contributed by atoms with Crippen LogP contribution in [0.1, 0.15) is 380 Å². The second-order valence-electron chi connectivity index (χ2n) is 24.5.